The molecule has 0 radical (unpaired) electrons. The van der Waals surface area contributed by atoms with E-state index in [0.717, 1.165) is 32.8 Å². The van der Waals surface area contributed by atoms with E-state index in [2.05, 4.69) is 54.7 Å². The normalized spacial score (nSPS) is 19.7. The van der Waals surface area contributed by atoms with Gasteiger partial charge in [0.1, 0.15) is 42.4 Å². The Hall–Kier alpha value is -6.31. The molecule has 4 atom stereocenters. The number of aryl methyl sites for hydroxylation is 1. The van der Waals surface area contributed by atoms with Gasteiger partial charge in [0.2, 0.25) is 17.7 Å². The lowest BCUT2D eigenvalue weighted by Crippen LogP contribution is -2.74. The summed E-state index contributed by atoms with van der Waals surface area (Å²) >= 11 is 7.83. The number of amides is 4. The molecule has 386 valence electrons. The lowest BCUT2D eigenvalue weighted by Gasteiger charge is -2.63. The molecule has 4 N–H and O–H groups in total. The largest absolute Gasteiger partial charge is 0.494 e. The van der Waals surface area contributed by atoms with E-state index in [1.54, 1.807) is 29.5 Å². The Morgan fingerprint density at radius 3 is 2.11 bits per heavy atom. The fourth-order valence-electron chi connectivity index (χ4n) is 10.2. The zero-order valence-corrected chi connectivity index (χ0v) is 44.7. The average Bonchev–Trinajstić information content (AvgIpc) is 3.98. The Balaban J connectivity index is 0.812. The van der Waals surface area contributed by atoms with Gasteiger partial charge in [0.25, 0.3) is 5.91 Å². The van der Waals surface area contributed by atoms with Crippen LogP contribution in [0.2, 0.25) is 5.02 Å². The number of hydrogen-bond donors (Lipinski definition) is 4. The van der Waals surface area contributed by atoms with Crippen molar-refractivity contribution in [3.63, 3.8) is 0 Å². The van der Waals surface area contributed by atoms with Gasteiger partial charge in [-0.3, -0.25) is 19.2 Å². The number of aromatic nitrogens is 1. The Morgan fingerprint density at radius 2 is 1.51 bits per heavy atom. The van der Waals surface area contributed by atoms with Gasteiger partial charge in [-0.2, -0.15) is 5.26 Å². The summed E-state index contributed by atoms with van der Waals surface area (Å²) in [5, 5.41) is 29.3. The Kier molecular flexibility index (Phi) is 17.0. The summed E-state index contributed by atoms with van der Waals surface area (Å²) in [7, 11) is 0. The molecule has 16 heteroatoms. The molecule has 0 unspecified atom stereocenters. The summed E-state index contributed by atoms with van der Waals surface area (Å²) in [6.07, 6.45) is 0.324. The maximum absolute atomic E-state index is 14.1. The number of likely N-dealkylation sites (tertiary alicyclic amines) is 1. The molecule has 5 aromatic rings. The molecular weight excluding hydrogens is 964 g/mol. The van der Waals surface area contributed by atoms with Crippen LogP contribution in [0.5, 0.6) is 11.5 Å². The van der Waals surface area contributed by atoms with Crippen LogP contribution >= 0.6 is 22.9 Å². The molecule has 4 amide bonds. The Bertz CT molecular complexity index is 2790. The predicted octanol–water partition coefficient (Wildman–Crippen LogP) is 9.47. The lowest BCUT2D eigenvalue weighted by atomic mass is 9.49. The van der Waals surface area contributed by atoms with Gasteiger partial charge in [-0.05, 0) is 90.8 Å². The second-order valence-corrected chi connectivity index (χ2v) is 22.7. The van der Waals surface area contributed by atoms with Crippen molar-refractivity contribution < 1.29 is 38.5 Å². The monoisotopic (exact) mass is 1030 g/mol. The topological polar surface area (TPSA) is 192 Å². The second kappa shape index (κ2) is 22.8. The van der Waals surface area contributed by atoms with E-state index in [1.165, 1.54) is 4.90 Å². The molecule has 2 aliphatic rings. The number of aliphatic hydroxyl groups is 1. The van der Waals surface area contributed by atoms with Crippen molar-refractivity contribution >= 4 is 46.6 Å². The number of hydrogen-bond acceptors (Lipinski definition) is 11. The van der Waals surface area contributed by atoms with Gasteiger partial charge in [-0.1, -0.05) is 109 Å². The highest BCUT2D eigenvalue weighted by Crippen LogP contribution is 2.55. The smallest absolute Gasteiger partial charge is 0.251 e. The minimum absolute atomic E-state index is 0.0200. The molecule has 7 rings (SSSR count). The molecule has 0 spiro atoms. The number of rotatable bonds is 19. The number of unbranched alkanes of at least 4 members (excludes halogenated alkanes) is 1. The highest BCUT2D eigenvalue weighted by Gasteiger charge is 2.64. The van der Waals surface area contributed by atoms with Crippen molar-refractivity contribution in [2.45, 2.75) is 118 Å². The highest BCUT2D eigenvalue weighted by molar-refractivity contribution is 7.13. The van der Waals surface area contributed by atoms with Gasteiger partial charge in [0, 0.05) is 48.1 Å². The highest BCUT2D eigenvalue weighted by atomic mass is 35.5. The van der Waals surface area contributed by atoms with Crippen LogP contribution in [0, 0.1) is 34.5 Å². The number of halogens is 1. The molecule has 4 aromatic carbocycles. The van der Waals surface area contributed by atoms with Crippen LogP contribution in [0.15, 0.2) is 96.5 Å². The number of β-amino-alcohol motifs (C(OH)–C–C–N with tert-alkyl or cyclic N) is 1. The van der Waals surface area contributed by atoms with E-state index in [4.69, 9.17) is 25.8 Å². The third-order valence-corrected chi connectivity index (χ3v) is 15.3. The molecule has 0 bridgehead atoms. The number of carbonyl (C=O) groups is 4. The lowest BCUT2D eigenvalue weighted by molar-refractivity contribution is -0.164. The molecule has 14 nitrogen and oxygen atoms in total. The number of nitrogens with zero attached hydrogens (tertiary/aromatic N) is 3. The zero-order chi connectivity index (χ0) is 52.8. The van der Waals surface area contributed by atoms with Crippen molar-refractivity contribution in [1.82, 2.24) is 25.8 Å². The van der Waals surface area contributed by atoms with Gasteiger partial charge < -0.3 is 40.2 Å². The van der Waals surface area contributed by atoms with Gasteiger partial charge >= 0.3 is 0 Å². The third kappa shape index (κ3) is 12.7. The van der Waals surface area contributed by atoms with E-state index in [1.807, 2.05) is 113 Å². The van der Waals surface area contributed by atoms with Crippen LogP contribution in [0.25, 0.3) is 21.6 Å². The van der Waals surface area contributed by atoms with Crippen molar-refractivity contribution in [1.29, 1.82) is 5.26 Å². The third-order valence-electron chi connectivity index (χ3n) is 14.0. The molecule has 2 heterocycles. The van der Waals surface area contributed by atoms with Crippen molar-refractivity contribution in [3.8, 4) is 39.1 Å². The number of ether oxygens (including phenoxy) is 3. The predicted molar refractivity (Wildman–Crippen MR) is 283 cm³/mol. The Morgan fingerprint density at radius 1 is 0.890 bits per heavy atom. The molecule has 2 fully saturated rings. The summed E-state index contributed by atoms with van der Waals surface area (Å²) in [6.45, 7) is 18.1. The molecule has 1 saturated heterocycles. The van der Waals surface area contributed by atoms with Gasteiger partial charge in [-0.15, -0.1) is 11.3 Å². The Labute approximate surface area is 437 Å². The summed E-state index contributed by atoms with van der Waals surface area (Å²) < 4.78 is 18.0. The fourth-order valence-corrected chi connectivity index (χ4v) is 11.3. The first-order valence-electron chi connectivity index (χ1n) is 24.8. The summed E-state index contributed by atoms with van der Waals surface area (Å²) in [5.74, 6) is -0.144. The van der Waals surface area contributed by atoms with E-state index in [-0.39, 0.29) is 60.4 Å². The van der Waals surface area contributed by atoms with Gasteiger partial charge in [0.05, 0.1) is 45.4 Å². The second-order valence-electron chi connectivity index (χ2n) is 21.4. The minimum atomic E-state index is -0.965. The van der Waals surface area contributed by atoms with E-state index < -0.39 is 35.4 Å². The SMILES string of the molecule is Cc1ncsc1-c1ccc([C@H](C)NC(=O)[C@@H]2C[C@@H](O)CN2C(=O)[C@@H](NC(=O)COCCCCOc2ccc(-c3ccc(C(=O)N[C@H]4C(C)(C)[C@H](Oc5ccc(C#N)c(Cl)c5)C4(C)C)cc3)cc2)C(C)(C)C)cc1. The van der Waals surface area contributed by atoms with E-state index >= 15 is 0 Å². The average molecular weight is 1030 g/mol. The number of thiazole rings is 1. The van der Waals surface area contributed by atoms with Crippen LogP contribution in [0.1, 0.15) is 108 Å². The fraction of sp³-hybridized carbons (Fsp3) is 0.439. The quantitative estimate of drug-likeness (QED) is 0.0580. The minimum Gasteiger partial charge on any atom is -0.494 e. The number of nitrogens with one attached hydrogen (secondary N) is 3. The summed E-state index contributed by atoms with van der Waals surface area (Å²) in [5.41, 5.74) is 6.11. The van der Waals surface area contributed by atoms with Crippen LogP contribution < -0.4 is 25.4 Å². The van der Waals surface area contributed by atoms with E-state index in [0.29, 0.717) is 53.7 Å². The van der Waals surface area contributed by atoms with Crippen molar-refractivity contribution in [2.24, 2.45) is 16.2 Å². The number of nitriles is 1. The first-order chi connectivity index (χ1) is 34.6. The summed E-state index contributed by atoms with van der Waals surface area (Å²) in [4.78, 5) is 61.2. The van der Waals surface area contributed by atoms with Crippen molar-refractivity contribution in [3.05, 3.63) is 124 Å². The first kappa shape index (κ1) is 54.5. The molecule has 1 aromatic heterocycles. The molecule has 1 aliphatic heterocycles. The first-order valence-corrected chi connectivity index (χ1v) is 26.0. The van der Waals surface area contributed by atoms with Crippen LogP contribution in [0.3, 0.4) is 0 Å². The standard InChI is InChI=1S/C57H67ClN6O8S/c1-34(36-12-16-39(17-13-36)48-35(2)60-33-73-48)61-51(68)46-28-42(65)31-64(46)52(69)49(55(3,4)5)62-47(66)32-70-26-10-11-27-71-43-23-20-38(21-24-43)37-14-18-40(19-15-37)50(67)63-53-56(6,7)54(57(53,8)9)72-44-25-22-41(30-59)45(58)29-44/h12-25,29,33-34,42,46,49,53-54,65H,10-11,26-28,31-32H2,1-9H3,(H,61,68)(H,62,66)(H,63,67)/t34-,42+,46-,49+,53-,54-/m0/s1. The van der Waals surface area contributed by atoms with Gasteiger partial charge in [-0.25, -0.2) is 4.98 Å². The molecule has 1 aliphatic carbocycles. The van der Waals surface area contributed by atoms with Crippen LogP contribution in [-0.4, -0.2) is 95.3 Å². The summed E-state index contributed by atoms with van der Waals surface area (Å²) in [6, 6.07) is 27.9. The zero-order valence-electron chi connectivity index (χ0n) is 43.1. The maximum Gasteiger partial charge on any atom is 0.251 e. The van der Waals surface area contributed by atoms with Gasteiger partial charge in [0.15, 0.2) is 0 Å². The number of aliphatic hydroxyl groups excluding tert-OH is 1. The van der Waals surface area contributed by atoms with Crippen LogP contribution in [0.4, 0.5) is 0 Å². The molecular formula is C57H67ClN6O8S. The van der Waals surface area contributed by atoms with Crippen LogP contribution in [-0.2, 0) is 19.1 Å². The van der Waals surface area contributed by atoms with Crippen molar-refractivity contribution in [2.75, 3.05) is 26.4 Å². The number of carbonyl (C=O) groups excluding carboxylic acids is 4. The molecule has 73 heavy (non-hydrogen) atoms. The maximum atomic E-state index is 14.1. The number of benzene rings is 4. The molecule has 1 saturated carbocycles. The van der Waals surface area contributed by atoms with E-state index in [9.17, 15) is 29.5 Å².